The van der Waals surface area contributed by atoms with Gasteiger partial charge in [-0.1, -0.05) is 6.07 Å². The Balaban J connectivity index is 1.34. The van der Waals surface area contributed by atoms with Crippen molar-refractivity contribution in [3.05, 3.63) is 59.2 Å². The Morgan fingerprint density at radius 2 is 1.59 bits per heavy atom. The average Bonchev–Trinajstić information content (AvgIpc) is 2.79. The molecule has 7 nitrogen and oxygen atoms in total. The van der Waals surface area contributed by atoms with E-state index in [2.05, 4.69) is 16.7 Å². The highest BCUT2D eigenvalue weighted by atomic mass is 32.2. The van der Waals surface area contributed by atoms with Gasteiger partial charge in [-0.2, -0.15) is 4.31 Å². The predicted molar refractivity (Wildman–Crippen MR) is 123 cm³/mol. The molecular weight excluding hydrogens is 426 g/mol. The topological polar surface area (TPSA) is 95.6 Å². The van der Waals surface area contributed by atoms with Gasteiger partial charge in [0.25, 0.3) is 5.91 Å². The number of sulfonamides is 1. The molecular formula is C24H29N3O4S. The molecule has 0 bridgehead atoms. The van der Waals surface area contributed by atoms with Crippen molar-refractivity contribution in [2.75, 3.05) is 18.4 Å². The van der Waals surface area contributed by atoms with Crippen LogP contribution >= 0.6 is 0 Å². The molecule has 2 amide bonds. The number of nitrogens with zero attached hydrogens (tertiary/aromatic N) is 1. The third kappa shape index (κ3) is 5.02. The van der Waals surface area contributed by atoms with E-state index in [1.54, 1.807) is 12.1 Å². The Morgan fingerprint density at radius 3 is 2.25 bits per heavy atom. The van der Waals surface area contributed by atoms with Crippen LogP contribution in [0.4, 0.5) is 5.69 Å². The number of amides is 2. The molecule has 8 heteroatoms. The number of anilines is 1. The van der Waals surface area contributed by atoms with Crippen molar-refractivity contribution in [1.82, 2.24) is 9.62 Å². The second kappa shape index (κ2) is 9.42. The van der Waals surface area contributed by atoms with E-state index in [-0.39, 0.29) is 22.8 Å². The molecule has 0 radical (unpaired) electrons. The molecule has 2 aliphatic rings. The van der Waals surface area contributed by atoms with E-state index < -0.39 is 10.0 Å². The molecule has 0 aromatic heterocycles. The molecule has 1 fully saturated rings. The van der Waals surface area contributed by atoms with Crippen molar-refractivity contribution >= 4 is 27.5 Å². The molecule has 0 atom stereocenters. The van der Waals surface area contributed by atoms with Gasteiger partial charge in [-0.15, -0.1) is 0 Å². The Labute approximate surface area is 189 Å². The highest BCUT2D eigenvalue weighted by molar-refractivity contribution is 7.89. The van der Waals surface area contributed by atoms with Gasteiger partial charge in [0, 0.05) is 37.3 Å². The molecule has 1 heterocycles. The van der Waals surface area contributed by atoms with E-state index in [1.807, 2.05) is 12.1 Å². The molecule has 1 aliphatic carbocycles. The lowest BCUT2D eigenvalue weighted by molar-refractivity contribution is -0.114. The molecule has 1 saturated heterocycles. The first-order valence-corrected chi connectivity index (χ1v) is 12.6. The van der Waals surface area contributed by atoms with Crippen LogP contribution in [-0.2, 0) is 27.7 Å². The van der Waals surface area contributed by atoms with Gasteiger partial charge in [0.15, 0.2) is 0 Å². The van der Waals surface area contributed by atoms with Gasteiger partial charge < -0.3 is 10.6 Å². The van der Waals surface area contributed by atoms with E-state index in [4.69, 9.17) is 0 Å². The molecule has 2 aromatic rings. The Hall–Kier alpha value is -2.71. The van der Waals surface area contributed by atoms with E-state index in [0.717, 1.165) is 12.8 Å². The van der Waals surface area contributed by atoms with Gasteiger partial charge in [0.1, 0.15) is 0 Å². The maximum absolute atomic E-state index is 13.0. The smallest absolute Gasteiger partial charge is 0.251 e. The van der Waals surface area contributed by atoms with Crippen LogP contribution in [0.3, 0.4) is 0 Å². The van der Waals surface area contributed by atoms with Crippen molar-refractivity contribution in [2.24, 2.45) is 0 Å². The van der Waals surface area contributed by atoms with Crippen LogP contribution < -0.4 is 10.6 Å². The Morgan fingerprint density at radius 1 is 0.938 bits per heavy atom. The molecule has 170 valence electrons. The SMILES string of the molecule is CC(=O)Nc1ccc(S(=O)(=O)N2CCC(NC(=O)c3ccc4c(c3)CCCC4)CC2)cc1. The maximum atomic E-state index is 13.0. The van der Waals surface area contributed by atoms with Gasteiger partial charge in [0.2, 0.25) is 15.9 Å². The second-order valence-corrected chi connectivity index (χ2v) is 10.5. The van der Waals surface area contributed by atoms with Crippen LogP contribution in [0.2, 0.25) is 0 Å². The molecule has 0 spiro atoms. The van der Waals surface area contributed by atoms with E-state index >= 15 is 0 Å². The minimum atomic E-state index is -3.61. The number of aryl methyl sites for hydroxylation is 2. The largest absolute Gasteiger partial charge is 0.349 e. The van der Waals surface area contributed by atoms with Crippen molar-refractivity contribution < 1.29 is 18.0 Å². The Kier molecular flexibility index (Phi) is 6.62. The third-order valence-electron chi connectivity index (χ3n) is 6.21. The minimum absolute atomic E-state index is 0.0490. The highest BCUT2D eigenvalue weighted by Crippen LogP contribution is 2.24. The van der Waals surface area contributed by atoms with Gasteiger partial charge in [-0.3, -0.25) is 9.59 Å². The van der Waals surface area contributed by atoms with E-state index in [9.17, 15) is 18.0 Å². The summed E-state index contributed by atoms with van der Waals surface area (Å²) < 4.78 is 27.4. The molecule has 4 rings (SSSR count). The number of carbonyl (C=O) groups is 2. The van der Waals surface area contributed by atoms with Crippen LogP contribution in [0.1, 0.15) is 54.1 Å². The zero-order valence-electron chi connectivity index (χ0n) is 18.3. The van der Waals surface area contributed by atoms with Crippen LogP contribution in [0.25, 0.3) is 0 Å². The lowest BCUT2D eigenvalue weighted by Crippen LogP contribution is -2.46. The number of rotatable bonds is 5. The standard InChI is InChI=1S/C24H29N3O4S/c1-17(28)25-21-8-10-23(11-9-21)32(30,31)27-14-12-22(13-15-27)26-24(29)20-7-6-18-4-2-3-5-19(18)16-20/h6-11,16,22H,2-5,12-15H2,1H3,(H,25,28)(H,26,29). The lowest BCUT2D eigenvalue weighted by Gasteiger charge is -2.31. The molecule has 0 unspecified atom stereocenters. The van der Waals surface area contributed by atoms with Gasteiger partial charge in [-0.05, 0) is 86.1 Å². The average molecular weight is 456 g/mol. The summed E-state index contributed by atoms with van der Waals surface area (Å²) in [5.74, 6) is -0.298. The summed E-state index contributed by atoms with van der Waals surface area (Å²) in [4.78, 5) is 24.1. The summed E-state index contributed by atoms with van der Waals surface area (Å²) in [6.45, 7) is 2.11. The molecule has 2 N–H and O–H groups in total. The van der Waals surface area contributed by atoms with Crippen molar-refractivity contribution in [2.45, 2.75) is 56.4 Å². The van der Waals surface area contributed by atoms with Crippen molar-refractivity contribution in [3.8, 4) is 0 Å². The summed E-state index contributed by atoms with van der Waals surface area (Å²) in [6, 6.07) is 12.1. The fraction of sp³-hybridized carbons (Fsp3) is 0.417. The number of hydrogen-bond acceptors (Lipinski definition) is 4. The molecule has 2 aromatic carbocycles. The summed E-state index contributed by atoms with van der Waals surface area (Å²) in [5.41, 5.74) is 3.85. The van der Waals surface area contributed by atoms with Crippen LogP contribution in [0, 0.1) is 0 Å². The number of fused-ring (bicyclic) bond motifs is 1. The first-order valence-electron chi connectivity index (χ1n) is 11.1. The fourth-order valence-electron chi connectivity index (χ4n) is 4.45. The van der Waals surface area contributed by atoms with E-state index in [0.29, 0.717) is 37.2 Å². The normalized spacial score (nSPS) is 17.4. The quantitative estimate of drug-likeness (QED) is 0.724. The number of benzene rings is 2. The maximum Gasteiger partial charge on any atom is 0.251 e. The van der Waals surface area contributed by atoms with Crippen LogP contribution in [0.5, 0.6) is 0 Å². The van der Waals surface area contributed by atoms with Gasteiger partial charge >= 0.3 is 0 Å². The minimum Gasteiger partial charge on any atom is -0.349 e. The first-order chi connectivity index (χ1) is 15.3. The number of nitrogens with one attached hydrogen (secondary N) is 2. The summed E-state index contributed by atoms with van der Waals surface area (Å²) >= 11 is 0. The van der Waals surface area contributed by atoms with Crippen LogP contribution in [0.15, 0.2) is 47.4 Å². The predicted octanol–water partition coefficient (Wildman–Crippen LogP) is 3.11. The molecule has 0 saturated carbocycles. The van der Waals surface area contributed by atoms with Crippen molar-refractivity contribution in [1.29, 1.82) is 0 Å². The zero-order valence-corrected chi connectivity index (χ0v) is 19.1. The summed E-state index contributed by atoms with van der Waals surface area (Å²) in [6.07, 6.45) is 5.62. The second-order valence-electron chi connectivity index (χ2n) is 8.55. The third-order valence-corrected chi connectivity index (χ3v) is 8.13. The highest BCUT2D eigenvalue weighted by Gasteiger charge is 2.30. The Bertz CT molecular complexity index is 1100. The summed E-state index contributed by atoms with van der Waals surface area (Å²) in [5, 5.41) is 5.71. The lowest BCUT2D eigenvalue weighted by atomic mass is 9.90. The number of carbonyl (C=O) groups excluding carboxylic acids is 2. The summed E-state index contributed by atoms with van der Waals surface area (Å²) in [7, 11) is -3.61. The number of hydrogen-bond donors (Lipinski definition) is 2. The first kappa shape index (κ1) is 22.5. The van der Waals surface area contributed by atoms with Gasteiger partial charge in [-0.25, -0.2) is 8.42 Å². The molecule has 1 aliphatic heterocycles. The van der Waals surface area contributed by atoms with Gasteiger partial charge in [0.05, 0.1) is 4.90 Å². The van der Waals surface area contributed by atoms with Crippen molar-refractivity contribution in [3.63, 3.8) is 0 Å². The zero-order chi connectivity index (χ0) is 22.7. The monoisotopic (exact) mass is 455 g/mol. The fourth-order valence-corrected chi connectivity index (χ4v) is 5.92. The number of piperidine rings is 1. The molecule has 32 heavy (non-hydrogen) atoms. The van der Waals surface area contributed by atoms with Crippen LogP contribution in [-0.4, -0.2) is 43.7 Å². The van der Waals surface area contributed by atoms with E-state index in [1.165, 1.54) is 47.3 Å².